The lowest BCUT2D eigenvalue weighted by Gasteiger charge is -2.18. The van der Waals surface area contributed by atoms with Gasteiger partial charge in [0.1, 0.15) is 5.82 Å². The first-order valence-electron chi connectivity index (χ1n) is 8.29. The number of rotatable bonds is 5. The molecule has 3 nitrogen and oxygen atoms in total. The van der Waals surface area contributed by atoms with Gasteiger partial charge in [0, 0.05) is 29.4 Å². The van der Waals surface area contributed by atoms with E-state index < -0.39 is 0 Å². The van der Waals surface area contributed by atoms with Gasteiger partial charge in [0.2, 0.25) is 0 Å². The molecule has 0 aromatic carbocycles. The van der Waals surface area contributed by atoms with Gasteiger partial charge in [-0.1, -0.05) is 32.6 Å². The Labute approximate surface area is 123 Å². The largest absolute Gasteiger partial charge is 0.310 e. The molecular weight excluding hydrogens is 246 g/mol. The van der Waals surface area contributed by atoms with E-state index in [4.69, 9.17) is 4.98 Å². The fourth-order valence-corrected chi connectivity index (χ4v) is 3.12. The molecule has 1 aliphatic rings. The highest BCUT2D eigenvalue weighted by molar-refractivity contribution is 5.20. The summed E-state index contributed by atoms with van der Waals surface area (Å²) in [5.41, 5.74) is 2.39. The van der Waals surface area contributed by atoms with E-state index in [0.29, 0.717) is 12.0 Å². The van der Waals surface area contributed by atoms with Gasteiger partial charge in [0.15, 0.2) is 0 Å². The van der Waals surface area contributed by atoms with Crippen molar-refractivity contribution in [1.29, 1.82) is 0 Å². The van der Waals surface area contributed by atoms with Crippen molar-refractivity contribution < 1.29 is 0 Å². The first-order chi connectivity index (χ1) is 9.72. The first kappa shape index (κ1) is 15.4. The van der Waals surface area contributed by atoms with Gasteiger partial charge in [-0.05, 0) is 39.7 Å². The van der Waals surface area contributed by atoms with Crippen LogP contribution in [-0.2, 0) is 0 Å². The minimum Gasteiger partial charge on any atom is -0.310 e. The summed E-state index contributed by atoms with van der Waals surface area (Å²) in [6.45, 7) is 7.57. The molecule has 0 spiro atoms. The Bertz CT molecular complexity index is 409. The summed E-state index contributed by atoms with van der Waals surface area (Å²) in [7, 11) is 0. The van der Waals surface area contributed by atoms with Gasteiger partial charge in [-0.25, -0.2) is 9.97 Å². The molecule has 0 saturated heterocycles. The van der Waals surface area contributed by atoms with Crippen LogP contribution in [0.15, 0.2) is 6.20 Å². The molecule has 1 unspecified atom stereocenters. The highest BCUT2D eigenvalue weighted by Gasteiger charge is 2.18. The van der Waals surface area contributed by atoms with Crippen LogP contribution in [0.3, 0.4) is 0 Å². The van der Waals surface area contributed by atoms with Crippen molar-refractivity contribution >= 4 is 0 Å². The number of aromatic nitrogens is 2. The summed E-state index contributed by atoms with van der Waals surface area (Å²) in [6.07, 6.45) is 11.2. The molecule has 1 aromatic heterocycles. The Hall–Kier alpha value is -0.960. The molecule has 0 aliphatic heterocycles. The fourth-order valence-electron chi connectivity index (χ4n) is 3.12. The summed E-state index contributed by atoms with van der Waals surface area (Å²) >= 11 is 0. The molecule has 1 aromatic rings. The van der Waals surface area contributed by atoms with Crippen LogP contribution in [0.25, 0.3) is 0 Å². The Morgan fingerprint density at radius 1 is 1.25 bits per heavy atom. The third-order valence-corrected chi connectivity index (χ3v) is 4.42. The van der Waals surface area contributed by atoms with E-state index in [9.17, 15) is 0 Å². The monoisotopic (exact) mass is 275 g/mol. The average molecular weight is 275 g/mol. The maximum absolute atomic E-state index is 4.82. The van der Waals surface area contributed by atoms with Crippen LogP contribution in [0, 0.1) is 6.92 Å². The summed E-state index contributed by atoms with van der Waals surface area (Å²) in [4.78, 5) is 9.50. The molecule has 0 amide bonds. The standard InChI is InChI=1S/C17H29N3/c1-4-11-18-13(2)16-12-19-17(20-14(16)3)15-9-7-5-6-8-10-15/h12-13,15,18H,4-11H2,1-3H3. The maximum atomic E-state index is 4.82. The van der Waals surface area contributed by atoms with Crippen molar-refractivity contribution in [2.45, 2.75) is 77.7 Å². The van der Waals surface area contributed by atoms with Crippen LogP contribution >= 0.6 is 0 Å². The van der Waals surface area contributed by atoms with Crippen LogP contribution in [0.4, 0.5) is 0 Å². The van der Waals surface area contributed by atoms with Crippen molar-refractivity contribution in [2.24, 2.45) is 0 Å². The van der Waals surface area contributed by atoms with Gasteiger partial charge in [-0.2, -0.15) is 0 Å². The lowest BCUT2D eigenvalue weighted by Crippen LogP contribution is -2.21. The number of hydrogen-bond donors (Lipinski definition) is 1. The molecular formula is C17H29N3. The second kappa shape index (κ2) is 7.72. The lowest BCUT2D eigenvalue weighted by atomic mass is 9.99. The fraction of sp³-hybridized carbons (Fsp3) is 0.765. The predicted molar refractivity (Wildman–Crippen MR) is 83.9 cm³/mol. The zero-order chi connectivity index (χ0) is 14.4. The van der Waals surface area contributed by atoms with E-state index in [1.807, 2.05) is 0 Å². The lowest BCUT2D eigenvalue weighted by molar-refractivity contribution is 0.542. The van der Waals surface area contributed by atoms with Crippen molar-refractivity contribution in [2.75, 3.05) is 6.54 Å². The van der Waals surface area contributed by atoms with E-state index in [0.717, 1.165) is 24.5 Å². The van der Waals surface area contributed by atoms with Gasteiger partial charge in [0.05, 0.1) is 0 Å². The molecule has 0 bridgehead atoms. The normalized spacial score (nSPS) is 18.8. The maximum Gasteiger partial charge on any atom is 0.131 e. The summed E-state index contributed by atoms with van der Waals surface area (Å²) in [5.74, 6) is 1.67. The van der Waals surface area contributed by atoms with Crippen molar-refractivity contribution in [3.8, 4) is 0 Å². The van der Waals surface area contributed by atoms with Crippen LogP contribution in [0.2, 0.25) is 0 Å². The smallest absolute Gasteiger partial charge is 0.131 e. The van der Waals surface area contributed by atoms with Gasteiger partial charge in [0.25, 0.3) is 0 Å². The SMILES string of the molecule is CCCNC(C)c1cnc(C2CCCCCC2)nc1C. The Kier molecular flexibility index (Phi) is 5.96. The Morgan fingerprint density at radius 3 is 2.55 bits per heavy atom. The minimum absolute atomic E-state index is 0.345. The molecule has 1 aliphatic carbocycles. The van der Waals surface area contributed by atoms with E-state index >= 15 is 0 Å². The third kappa shape index (κ3) is 4.02. The van der Waals surface area contributed by atoms with Crippen molar-refractivity contribution in [1.82, 2.24) is 15.3 Å². The topological polar surface area (TPSA) is 37.8 Å². The minimum atomic E-state index is 0.345. The Balaban J connectivity index is 2.08. The summed E-state index contributed by atoms with van der Waals surface area (Å²) < 4.78 is 0. The van der Waals surface area contributed by atoms with E-state index in [-0.39, 0.29) is 0 Å². The molecule has 1 fully saturated rings. The van der Waals surface area contributed by atoms with E-state index in [1.54, 1.807) is 0 Å². The van der Waals surface area contributed by atoms with Gasteiger partial charge < -0.3 is 5.32 Å². The first-order valence-corrected chi connectivity index (χ1v) is 8.29. The van der Waals surface area contributed by atoms with Gasteiger partial charge in [-0.15, -0.1) is 0 Å². The zero-order valence-corrected chi connectivity index (χ0v) is 13.3. The van der Waals surface area contributed by atoms with Crippen LogP contribution in [0.5, 0.6) is 0 Å². The summed E-state index contributed by atoms with van der Waals surface area (Å²) in [6, 6.07) is 0.345. The predicted octanol–water partition coefficient (Wildman–Crippen LogP) is 4.28. The van der Waals surface area contributed by atoms with Gasteiger partial charge >= 0.3 is 0 Å². The van der Waals surface area contributed by atoms with E-state index in [2.05, 4.69) is 37.3 Å². The number of hydrogen-bond acceptors (Lipinski definition) is 3. The van der Waals surface area contributed by atoms with Crippen molar-refractivity contribution in [3.63, 3.8) is 0 Å². The molecule has 3 heteroatoms. The quantitative estimate of drug-likeness (QED) is 0.815. The third-order valence-electron chi connectivity index (χ3n) is 4.42. The highest BCUT2D eigenvalue weighted by atomic mass is 14.9. The van der Waals surface area contributed by atoms with E-state index in [1.165, 1.54) is 44.1 Å². The van der Waals surface area contributed by atoms with Crippen LogP contribution in [0.1, 0.15) is 87.8 Å². The Morgan fingerprint density at radius 2 is 1.95 bits per heavy atom. The zero-order valence-electron chi connectivity index (χ0n) is 13.3. The van der Waals surface area contributed by atoms with Crippen molar-refractivity contribution in [3.05, 3.63) is 23.3 Å². The molecule has 1 N–H and O–H groups in total. The van der Waals surface area contributed by atoms with Crippen LogP contribution in [-0.4, -0.2) is 16.5 Å². The van der Waals surface area contributed by atoms with Gasteiger partial charge in [-0.3, -0.25) is 0 Å². The molecule has 20 heavy (non-hydrogen) atoms. The highest BCUT2D eigenvalue weighted by Crippen LogP contribution is 2.30. The molecule has 112 valence electrons. The second-order valence-electron chi connectivity index (χ2n) is 6.13. The molecule has 1 atom stereocenters. The average Bonchev–Trinajstić information content (AvgIpc) is 2.73. The second-order valence-corrected chi connectivity index (χ2v) is 6.13. The molecule has 0 radical (unpaired) electrons. The number of nitrogens with one attached hydrogen (secondary N) is 1. The number of nitrogens with zero attached hydrogens (tertiary/aromatic N) is 2. The molecule has 2 rings (SSSR count). The van der Waals surface area contributed by atoms with Crippen LogP contribution < -0.4 is 5.32 Å². The molecule has 1 heterocycles. The number of aryl methyl sites for hydroxylation is 1. The summed E-state index contributed by atoms with van der Waals surface area (Å²) in [5, 5.41) is 3.52. The molecule has 1 saturated carbocycles.